The van der Waals surface area contributed by atoms with Crippen molar-refractivity contribution >= 4 is 17.0 Å². The lowest BCUT2D eigenvalue weighted by Crippen LogP contribution is -2.23. The first-order chi connectivity index (χ1) is 18.3. The van der Waals surface area contributed by atoms with E-state index < -0.39 is 55.2 Å². The molecule has 0 amide bonds. The van der Waals surface area contributed by atoms with Gasteiger partial charge in [-0.3, -0.25) is 14.0 Å². The zero-order chi connectivity index (χ0) is 30.1. The van der Waals surface area contributed by atoms with Crippen LogP contribution in [-0.4, -0.2) is 30.3 Å². The molecule has 3 heterocycles. The number of esters is 1. The Kier molecular flexibility index (Phi) is 3.45. The second-order valence-corrected chi connectivity index (χ2v) is 8.06. The van der Waals surface area contributed by atoms with E-state index in [1.807, 2.05) is 0 Å². The SMILES string of the molecule is [2H]C1([2H])C([2H])([2H])C([2H])([2H])C([2H])([C@@H](CC#N)n2cc(-c3ncnc4c3ccn4COC(=O)C(C)(C)C)cn2)C1([2H])[2H]. The van der Waals surface area contributed by atoms with Crippen LogP contribution < -0.4 is 0 Å². The molecule has 3 aromatic rings. The summed E-state index contributed by atoms with van der Waals surface area (Å²) in [4.78, 5) is 20.7. The van der Waals surface area contributed by atoms with Gasteiger partial charge < -0.3 is 4.74 Å². The molecule has 0 radical (unpaired) electrons. The van der Waals surface area contributed by atoms with Gasteiger partial charge in [0.15, 0.2) is 6.73 Å². The third kappa shape index (κ3) is 4.31. The van der Waals surface area contributed by atoms with Crippen LogP contribution in [0.4, 0.5) is 0 Å². The fraction of sp³-hybridized carbons (Fsp3) is 0.522. The van der Waals surface area contributed by atoms with Crippen molar-refractivity contribution in [3.8, 4) is 17.3 Å². The van der Waals surface area contributed by atoms with Crippen molar-refractivity contribution in [1.82, 2.24) is 24.3 Å². The average molecular weight is 430 g/mol. The highest BCUT2D eigenvalue weighted by Crippen LogP contribution is 2.36. The van der Waals surface area contributed by atoms with Crippen LogP contribution in [0.15, 0.2) is 31.0 Å². The van der Waals surface area contributed by atoms with Gasteiger partial charge in [-0.1, -0.05) is 12.7 Å². The van der Waals surface area contributed by atoms with Gasteiger partial charge in [-0.2, -0.15) is 10.4 Å². The highest BCUT2D eigenvalue weighted by Gasteiger charge is 2.27. The fourth-order valence-corrected chi connectivity index (χ4v) is 3.12. The minimum absolute atomic E-state index is 0.102. The van der Waals surface area contributed by atoms with Crippen molar-refractivity contribution in [1.29, 1.82) is 5.26 Å². The monoisotopic (exact) mass is 429 g/mol. The molecule has 31 heavy (non-hydrogen) atoms. The van der Waals surface area contributed by atoms with Crippen LogP contribution in [0.3, 0.4) is 0 Å². The highest BCUT2D eigenvalue weighted by molar-refractivity contribution is 5.90. The maximum Gasteiger partial charge on any atom is 0.312 e. The van der Waals surface area contributed by atoms with E-state index in [4.69, 9.17) is 17.1 Å². The minimum Gasteiger partial charge on any atom is -0.443 e. The molecule has 0 unspecified atom stereocenters. The second kappa shape index (κ2) is 8.50. The van der Waals surface area contributed by atoms with Crippen molar-refractivity contribution in [3.63, 3.8) is 0 Å². The number of fused-ring (bicyclic) bond motifs is 1. The summed E-state index contributed by atoms with van der Waals surface area (Å²) in [7, 11) is 0. The standard InChI is InChI=1S/C23H28N6O2/c1-23(2,3)22(30)31-15-28-11-9-18-20(25-14-26-21(18)28)17-12-27-29(13-17)19(8-10-24)16-6-4-5-7-16/h9,11-14,16,19H,4-8,15H2,1-3H3/t19-/m1/s1/i4D2,5D2,6D2,7D2,16D. The molecule has 8 heteroatoms. The molecule has 0 N–H and O–H groups in total. The Labute approximate surface area is 194 Å². The van der Waals surface area contributed by atoms with Crippen LogP contribution in [0.2, 0.25) is 0 Å². The second-order valence-electron chi connectivity index (χ2n) is 8.06. The smallest absolute Gasteiger partial charge is 0.312 e. The van der Waals surface area contributed by atoms with Gasteiger partial charge in [-0.05, 0) is 45.5 Å². The van der Waals surface area contributed by atoms with Gasteiger partial charge in [0.1, 0.15) is 12.0 Å². The Hall–Kier alpha value is -3.21. The number of hydrogen-bond donors (Lipinski definition) is 0. The van der Waals surface area contributed by atoms with Crippen LogP contribution in [0.25, 0.3) is 22.3 Å². The fourth-order valence-electron chi connectivity index (χ4n) is 3.12. The molecule has 1 aliphatic rings. The molecule has 0 aliphatic heterocycles. The maximum atomic E-state index is 12.2. The molecule has 0 saturated heterocycles. The molecule has 162 valence electrons. The van der Waals surface area contributed by atoms with E-state index in [1.54, 1.807) is 43.7 Å². The van der Waals surface area contributed by atoms with Gasteiger partial charge in [-0.25, -0.2) is 9.97 Å². The summed E-state index contributed by atoms with van der Waals surface area (Å²) >= 11 is 0. The van der Waals surface area contributed by atoms with Gasteiger partial charge >= 0.3 is 5.97 Å². The molecule has 1 fully saturated rings. The van der Waals surface area contributed by atoms with Gasteiger partial charge in [0.05, 0.1) is 35.8 Å². The molecular weight excluding hydrogens is 392 g/mol. The molecule has 1 saturated carbocycles. The van der Waals surface area contributed by atoms with Gasteiger partial charge in [0.2, 0.25) is 0 Å². The third-order valence-electron chi connectivity index (χ3n) is 4.77. The lowest BCUT2D eigenvalue weighted by Gasteiger charge is -2.21. The molecule has 1 atom stereocenters. The molecule has 4 rings (SSSR count). The van der Waals surface area contributed by atoms with E-state index in [0.717, 1.165) is 4.68 Å². The van der Waals surface area contributed by atoms with E-state index in [9.17, 15) is 10.1 Å². The van der Waals surface area contributed by atoms with E-state index in [0.29, 0.717) is 22.3 Å². The van der Waals surface area contributed by atoms with Crippen molar-refractivity contribution < 1.29 is 21.9 Å². The Morgan fingerprint density at radius 3 is 2.90 bits per heavy atom. The molecule has 1 aliphatic carbocycles. The molecule has 8 nitrogen and oxygen atoms in total. The Morgan fingerprint density at radius 2 is 2.19 bits per heavy atom. The number of nitriles is 1. The maximum absolute atomic E-state index is 12.2. The van der Waals surface area contributed by atoms with Crippen molar-refractivity contribution in [2.75, 3.05) is 0 Å². The summed E-state index contributed by atoms with van der Waals surface area (Å²) in [5.74, 6) is -3.49. The molecule has 0 bridgehead atoms. The molecule has 0 spiro atoms. The Morgan fingerprint density at radius 1 is 1.42 bits per heavy atom. The average Bonchev–Trinajstić information content (AvgIpc) is 3.52. The number of rotatable bonds is 6. The van der Waals surface area contributed by atoms with E-state index in [2.05, 4.69) is 15.1 Å². The number of carbonyl (C=O) groups excluding carboxylic acids is 1. The van der Waals surface area contributed by atoms with Crippen LogP contribution >= 0.6 is 0 Å². The molecular formula is C23H28N6O2. The summed E-state index contributed by atoms with van der Waals surface area (Å²) in [6.07, 6.45) is -8.60. The van der Waals surface area contributed by atoms with Gasteiger partial charge in [-0.15, -0.1) is 0 Å². The van der Waals surface area contributed by atoms with E-state index >= 15 is 0 Å². The van der Waals surface area contributed by atoms with Crippen LogP contribution in [-0.2, 0) is 16.3 Å². The number of carbonyl (C=O) groups is 1. The van der Waals surface area contributed by atoms with E-state index in [-0.39, 0.29) is 6.73 Å². The summed E-state index contributed by atoms with van der Waals surface area (Å²) in [5, 5.41) is 14.2. The Bertz CT molecular complexity index is 1480. The van der Waals surface area contributed by atoms with Crippen LogP contribution in [0.1, 0.15) is 71.1 Å². The zero-order valence-corrected chi connectivity index (χ0v) is 17.4. The van der Waals surface area contributed by atoms with Crippen molar-refractivity contribution in [2.45, 2.75) is 65.5 Å². The van der Waals surface area contributed by atoms with E-state index in [1.165, 1.54) is 18.7 Å². The quantitative estimate of drug-likeness (QED) is 0.536. The lowest BCUT2D eigenvalue weighted by atomic mass is 9.96. The normalized spacial score (nSPS) is 27.6. The number of hydrogen-bond acceptors (Lipinski definition) is 6. The number of ether oxygens (including phenoxy) is 1. The van der Waals surface area contributed by atoms with Crippen molar-refractivity contribution in [2.24, 2.45) is 11.3 Å². The van der Waals surface area contributed by atoms with Crippen LogP contribution in [0.5, 0.6) is 0 Å². The predicted octanol–water partition coefficient (Wildman–Crippen LogP) is 4.49. The third-order valence-corrected chi connectivity index (χ3v) is 4.77. The predicted molar refractivity (Wildman–Crippen MR) is 116 cm³/mol. The zero-order valence-electron chi connectivity index (χ0n) is 26.4. The highest BCUT2D eigenvalue weighted by atomic mass is 16.5. The summed E-state index contributed by atoms with van der Waals surface area (Å²) in [5.41, 5.74) is 0.426. The molecule has 0 aromatic carbocycles. The first kappa shape index (κ1) is 12.6. The Balaban J connectivity index is 1.76. The summed E-state index contributed by atoms with van der Waals surface area (Å²) in [6, 6.07) is 1.76. The van der Waals surface area contributed by atoms with Crippen molar-refractivity contribution in [3.05, 3.63) is 31.0 Å². The first-order valence-electron chi connectivity index (χ1n) is 14.2. The van der Waals surface area contributed by atoms with Crippen LogP contribution in [0, 0.1) is 22.6 Å². The molecule has 3 aromatic heterocycles. The minimum atomic E-state index is -3.40. The summed E-state index contributed by atoms with van der Waals surface area (Å²) in [6.45, 7) is 5.08. The van der Waals surface area contributed by atoms with Gasteiger partial charge in [0.25, 0.3) is 0 Å². The van der Waals surface area contributed by atoms with Gasteiger partial charge in [0, 0.05) is 35.7 Å². The number of nitrogens with zero attached hydrogens (tertiary/aromatic N) is 6. The lowest BCUT2D eigenvalue weighted by molar-refractivity contribution is -0.156. The topological polar surface area (TPSA) is 98.6 Å². The number of aromatic nitrogens is 5. The first-order valence-corrected chi connectivity index (χ1v) is 9.66. The summed E-state index contributed by atoms with van der Waals surface area (Å²) < 4.78 is 83.0. The largest absolute Gasteiger partial charge is 0.443 e.